The minimum absolute atomic E-state index is 0.861. The molecule has 0 heterocycles. The molecule has 0 aromatic heterocycles. The second-order valence-corrected chi connectivity index (χ2v) is 1.55. The Kier molecular flexibility index (Phi) is 7.08. The van der Waals surface area contributed by atoms with Gasteiger partial charge in [-0.2, -0.15) is 0 Å². The molecule has 0 aliphatic rings. The van der Waals surface area contributed by atoms with Crippen LogP contribution in [-0.2, 0) is 4.74 Å². The molecule has 0 aliphatic heterocycles. The number of rotatable bonds is 4. The molecule has 0 aliphatic carbocycles. The van der Waals surface area contributed by atoms with E-state index in [2.05, 4.69) is 17.7 Å². The van der Waals surface area contributed by atoms with Crippen molar-refractivity contribution in [2.75, 3.05) is 13.2 Å². The molecule has 0 unspecified atom stereocenters. The molecule has 0 atom stereocenters. The Morgan fingerprint density at radius 1 is 1.57 bits per heavy atom. The van der Waals surface area contributed by atoms with E-state index in [-0.39, 0.29) is 0 Å². The van der Waals surface area contributed by atoms with Crippen molar-refractivity contribution in [2.24, 2.45) is 0 Å². The number of hydrogen-bond acceptors (Lipinski definition) is 1. The van der Waals surface area contributed by atoms with Crippen LogP contribution in [0.5, 0.6) is 0 Å². The van der Waals surface area contributed by atoms with Crippen LogP contribution >= 0.6 is 0 Å². The summed E-state index contributed by atoms with van der Waals surface area (Å²) in [6, 6.07) is 0. The Bertz CT molecular complexity index is 27.3. The van der Waals surface area contributed by atoms with Crippen LogP contribution in [0.3, 0.4) is 0 Å². The fourth-order valence-electron chi connectivity index (χ4n) is 0.391. The van der Waals surface area contributed by atoms with Crippen LogP contribution in [0, 0.1) is 0 Å². The first kappa shape index (κ1) is 7.56. The molecule has 0 aromatic rings. The molecular formula is C5H11LiO. The third-order valence-electron chi connectivity index (χ3n) is 0.846. The Morgan fingerprint density at radius 3 is 2.71 bits per heavy atom. The minimum atomic E-state index is 0.861. The van der Waals surface area contributed by atoms with E-state index in [1.807, 2.05) is 6.92 Å². The van der Waals surface area contributed by atoms with Gasteiger partial charge in [-0.15, -0.1) is 0 Å². The topological polar surface area (TPSA) is 9.23 Å². The summed E-state index contributed by atoms with van der Waals surface area (Å²) in [5, 5.41) is 1.24. The van der Waals surface area contributed by atoms with Gasteiger partial charge in [0.05, 0.1) is 0 Å². The van der Waals surface area contributed by atoms with E-state index in [9.17, 15) is 0 Å². The third-order valence-corrected chi connectivity index (χ3v) is 0.846. The van der Waals surface area contributed by atoms with Gasteiger partial charge in [-0.1, -0.05) is 0 Å². The van der Waals surface area contributed by atoms with Gasteiger partial charge in [0.2, 0.25) is 0 Å². The predicted molar refractivity (Wildman–Crippen MR) is 31.7 cm³/mol. The first-order chi connectivity index (χ1) is 3.41. The van der Waals surface area contributed by atoms with Crippen molar-refractivity contribution in [3.05, 3.63) is 0 Å². The van der Waals surface area contributed by atoms with Crippen LogP contribution in [0.4, 0.5) is 0 Å². The first-order valence-corrected chi connectivity index (χ1v) is 2.99. The van der Waals surface area contributed by atoms with Crippen molar-refractivity contribution in [3.63, 3.8) is 0 Å². The summed E-state index contributed by atoms with van der Waals surface area (Å²) >= 11 is 2.17. The Labute approximate surface area is 54.6 Å². The maximum atomic E-state index is 5.07. The quantitative estimate of drug-likeness (QED) is 0.373. The zero-order valence-corrected chi connectivity index (χ0v) is 5.24. The van der Waals surface area contributed by atoms with E-state index in [4.69, 9.17) is 4.74 Å². The molecule has 38 valence electrons. The van der Waals surface area contributed by atoms with Gasteiger partial charge in [-0.3, -0.25) is 0 Å². The van der Waals surface area contributed by atoms with Crippen molar-refractivity contribution < 1.29 is 4.74 Å². The van der Waals surface area contributed by atoms with Crippen molar-refractivity contribution in [2.45, 2.75) is 18.4 Å². The van der Waals surface area contributed by atoms with Gasteiger partial charge >= 0.3 is 54.1 Å². The standard InChI is InChI=1S/C5H11O.Li/c1-3-5-6-4-2;/h1,3-5H2,2H3;. The van der Waals surface area contributed by atoms with Gasteiger partial charge in [0.15, 0.2) is 0 Å². The molecule has 0 fully saturated rings. The maximum absolute atomic E-state index is 5.07. The van der Waals surface area contributed by atoms with Crippen LogP contribution in [0.15, 0.2) is 0 Å². The Hall–Kier alpha value is 0.557. The molecule has 1 nitrogen and oxygen atoms in total. The predicted octanol–water partition coefficient (Wildman–Crippen LogP) is 1.000. The average Bonchev–Trinajstić information content (AvgIpc) is 1.69. The van der Waals surface area contributed by atoms with Gasteiger partial charge in [0.1, 0.15) is 0 Å². The molecule has 0 rings (SSSR count). The molecular weight excluding hydrogens is 83.0 g/mol. The van der Waals surface area contributed by atoms with Gasteiger partial charge in [-0.25, -0.2) is 0 Å². The third kappa shape index (κ3) is 6.56. The van der Waals surface area contributed by atoms with Crippen LogP contribution in [0.25, 0.3) is 0 Å². The van der Waals surface area contributed by atoms with E-state index in [1.165, 1.54) is 11.5 Å². The van der Waals surface area contributed by atoms with Crippen molar-refractivity contribution >= 4 is 17.7 Å². The molecule has 0 saturated heterocycles. The fourth-order valence-corrected chi connectivity index (χ4v) is 0.391. The Balaban J connectivity index is 2.45. The van der Waals surface area contributed by atoms with Crippen LogP contribution in [0.1, 0.15) is 13.3 Å². The fraction of sp³-hybridized carbons (Fsp3) is 1.00. The number of hydrogen-bond donors (Lipinski definition) is 0. The zero-order chi connectivity index (χ0) is 5.54. The van der Waals surface area contributed by atoms with E-state index < -0.39 is 0 Å². The normalized spacial score (nSPS) is 9.57. The first-order valence-electron chi connectivity index (χ1n) is 2.99. The molecule has 7 heavy (non-hydrogen) atoms. The summed E-state index contributed by atoms with van der Waals surface area (Å²) in [6.45, 7) is 3.82. The van der Waals surface area contributed by atoms with Gasteiger partial charge < -0.3 is 0 Å². The Morgan fingerprint density at radius 2 is 2.29 bits per heavy atom. The monoisotopic (exact) mass is 94.1 g/mol. The summed E-state index contributed by atoms with van der Waals surface area (Å²) in [6.07, 6.45) is 1.20. The molecule has 0 spiro atoms. The summed E-state index contributed by atoms with van der Waals surface area (Å²) in [5.74, 6) is 0. The van der Waals surface area contributed by atoms with Gasteiger partial charge in [0.25, 0.3) is 0 Å². The van der Waals surface area contributed by atoms with E-state index in [0.29, 0.717) is 0 Å². The zero-order valence-electron chi connectivity index (χ0n) is 5.24. The molecule has 2 heteroatoms. The van der Waals surface area contributed by atoms with Gasteiger partial charge in [0, 0.05) is 0 Å². The molecule has 0 bridgehead atoms. The molecule has 0 saturated carbocycles. The SMILES string of the molecule is [Li][CH2]CCOCC. The van der Waals surface area contributed by atoms with Crippen LogP contribution in [-0.4, -0.2) is 30.9 Å². The molecule has 0 aromatic carbocycles. The second kappa shape index (κ2) is 6.56. The van der Waals surface area contributed by atoms with Gasteiger partial charge in [-0.05, 0) is 0 Å². The van der Waals surface area contributed by atoms with E-state index >= 15 is 0 Å². The summed E-state index contributed by atoms with van der Waals surface area (Å²) in [7, 11) is 0. The second-order valence-electron chi connectivity index (χ2n) is 1.55. The molecule has 0 N–H and O–H groups in total. The summed E-state index contributed by atoms with van der Waals surface area (Å²) in [5.41, 5.74) is 0. The molecule has 0 radical (unpaired) electrons. The van der Waals surface area contributed by atoms with Crippen molar-refractivity contribution in [1.29, 1.82) is 0 Å². The van der Waals surface area contributed by atoms with Crippen LogP contribution < -0.4 is 0 Å². The summed E-state index contributed by atoms with van der Waals surface area (Å²) < 4.78 is 5.07. The van der Waals surface area contributed by atoms with Crippen molar-refractivity contribution in [1.82, 2.24) is 0 Å². The van der Waals surface area contributed by atoms with Crippen molar-refractivity contribution in [3.8, 4) is 0 Å². The number of ether oxygens (including phenoxy) is 1. The van der Waals surface area contributed by atoms with E-state index in [1.54, 1.807) is 0 Å². The molecule has 0 amide bonds. The average molecular weight is 94.1 g/mol. The van der Waals surface area contributed by atoms with Crippen LogP contribution in [0.2, 0.25) is 5.09 Å². The summed E-state index contributed by atoms with van der Waals surface area (Å²) in [4.78, 5) is 0. The van der Waals surface area contributed by atoms with E-state index in [0.717, 1.165) is 13.2 Å².